The van der Waals surface area contributed by atoms with Gasteiger partial charge in [0, 0.05) is 11.6 Å². The molecule has 0 unspecified atom stereocenters. The molecule has 39 heavy (non-hydrogen) atoms. The van der Waals surface area contributed by atoms with E-state index in [1.165, 1.54) is 64.2 Å². The molecule has 0 aromatic carbocycles. The third-order valence-corrected chi connectivity index (χ3v) is 6.39. The molecule has 2 aliphatic carbocycles. The van der Waals surface area contributed by atoms with Crippen molar-refractivity contribution >= 4 is 5.96 Å². The van der Waals surface area contributed by atoms with Crippen LogP contribution in [0.25, 0.3) is 21.4 Å². The number of rotatable bonds is 2. The topological polar surface area (TPSA) is 90.1 Å². The standard InChI is InChI=1S/C15H28N3.C11H20N3.2C2H6N.Ti/c1-18(2)15(16-13-9-5-3-6-10-13)17-14-11-7-4-8-12-14;1-10(2,3)13-7-8-14(9(13)12)11(4,5)6;2*1-3-2;/h13-14H,3-12H2,1-2H3;7-8H,1-6H3;2*1-2H3;/q4*-1;+4. The quantitative estimate of drug-likeness (QED) is 0.203. The minimum absolute atomic E-state index is 0. The molecule has 0 bridgehead atoms. The van der Waals surface area contributed by atoms with E-state index < -0.39 is 0 Å². The Morgan fingerprint density at radius 1 is 0.769 bits per heavy atom. The van der Waals surface area contributed by atoms with Crippen LogP contribution in [0.15, 0.2) is 17.4 Å². The Hall–Kier alpha value is -1.09. The van der Waals surface area contributed by atoms with E-state index in [-0.39, 0.29) is 32.8 Å². The Morgan fingerprint density at radius 2 is 1.13 bits per heavy atom. The maximum absolute atomic E-state index is 10.0. The summed E-state index contributed by atoms with van der Waals surface area (Å²) in [7, 11) is 11.2. The molecule has 0 radical (unpaired) electrons. The Kier molecular flexibility index (Phi) is 21.3. The zero-order valence-electron chi connectivity index (χ0n) is 27.5. The van der Waals surface area contributed by atoms with Crippen molar-refractivity contribution in [1.82, 2.24) is 14.0 Å². The van der Waals surface area contributed by atoms with Gasteiger partial charge in [0.05, 0.1) is 0 Å². The molecule has 224 valence electrons. The predicted molar refractivity (Wildman–Crippen MR) is 168 cm³/mol. The SMILES string of the molecule is CC(C)(C)n1ccn(C(C)(C)C)c1=[N-].CN(C)C(=NC1CCCCC1)[N-]C1CCCCC1.C[N-]C.C[N-]C.[Ti+4]. The van der Waals surface area contributed by atoms with Gasteiger partial charge < -0.3 is 40.4 Å². The number of aliphatic imine (C=N–C) groups is 1. The molecule has 2 fully saturated rings. The molecular weight excluding hydrogens is 520 g/mol. The normalized spacial score (nSPS) is 16.8. The van der Waals surface area contributed by atoms with E-state index in [1.54, 1.807) is 28.2 Å². The van der Waals surface area contributed by atoms with E-state index in [4.69, 9.17) is 10.3 Å². The molecule has 0 atom stereocenters. The summed E-state index contributed by atoms with van der Waals surface area (Å²) in [4.78, 5) is 7.01. The van der Waals surface area contributed by atoms with E-state index in [2.05, 4.69) is 71.2 Å². The molecule has 0 spiro atoms. The van der Waals surface area contributed by atoms with Crippen molar-refractivity contribution in [2.45, 2.75) is 129 Å². The summed E-state index contributed by atoms with van der Waals surface area (Å²) in [6.45, 7) is 12.4. The van der Waals surface area contributed by atoms with E-state index in [0.29, 0.717) is 17.7 Å². The van der Waals surface area contributed by atoms with Crippen LogP contribution in [0.2, 0.25) is 0 Å². The second kappa shape index (κ2) is 20.7. The second-order valence-corrected chi connectivity index (χ2v) is 12.6. The summed E-state index contributed by atoms with van der Waals surface area (Å²) in [5.74, 6) is 0.994. The maximum atomic E-state index is 10.0. The smallest absolute Gasteiger partial charge is 0.668 e. The van der Waals surface area contributed by atoms with Gasteiger partial charge in [0.1, 0.15) is 0 Å². The molecular formula is C30H60N8Ti. The first-order valence-electron chi connectivity index (χ1n) is 14.5. The molecule has 1 aromatic heterocycles. The van der Waals surface area contributed by atoms with Crippen molar-refractivity contribution < 1.29 is 21.7 Å². The monoisotopic (exact) mass is 580 g/mol. The number of hydrogen-bond donors (Lipinski definition) is 0. The average Bonchev–Trinajstić information content (AvgIpc) is 3.24. The van der Waals surface area contributed by atoms with Crippen molar-refractivity contribution in [3.05, 3.63) is 39.4 Å². The van der Waals surface area contributed by atoms with Crippen LogP contribution in [0.3, 0.4) is 0 Å². The first-order valence-corrected chi connectivity index (χ1v) is 14.5. The van der Waals surface area contributed by atoms with Crippen molar-refractivity contribution in [3.8, 4) is 0 Å². The molecule has 0 N–H and O–H groups in total. The number of guanidine groups is 1. The van der Waals surface area contributed by atoms with Gasteiger partial charge in [-0.1, -0.05) is 80.1 Å². The molecule has 2 aliphatic rings. The molecule has 9 heteroatoms. The Labute approximate surface area is 256 Å². The fraction of sp³-hybridized carbons (Fsp3) is 0.867. The van der Waals surface area contributed by atoms with Crippen LogP contribution in [0.1, 0.15) is 106 Å². The molecule has 1 aromatic rings. The van der Waals surface area contributed by atoms with Crippen LogP contribution < -0.4 is 5.62 Å². The largest absolute Gasteiger partial charge is 4.00 e. The number of imidazole rings is 1. The minimum atomic E-state index is -0.0828. The van der Waals surface area contributed by atoms with Crippen LogP contribution in [-0.2, 0) is 32.8 Å². The maximum Gasteiger partial charge on any atom is 4.00 e. The first-order chi connectivity index (χ1) is 17.7. The molecule has 8 nitrogen and oxygen atoms in total. The van der Waals surface area contributed by atoms with Gasteiger partial charge in [-0.2, -0.15) is 28.2 Å². The van der Waals surface area contributed by atoms with Crippen LogP contribution >= 0.6 is 0 Å². The van der Waals surface area contributed by atoms with Crippen LogP contribution in [0.5, 0.6) is 0 Å². The zero-order valence-corrected chi connectivity index (χ0v) is 29.0. The fourth-order valence-corrected chi connectivity index (χ4v) is 4.44. The molecule has 0 aliphatic heterocycles. The van der Waals surface area contributed by atoms with Gasteiger partial charge in [-0.3, -0.25) is 0 Å². The van der Waals surface area contributed by atoms with Gasteiger partial charge in [-0.15, -0.1) is 0 Å². The van der Waals surface area contributed by atoms with Gasteiger partial charge in [0.25, 0.3) is 0 Å². The third-order valence-electron chi connectivity index (χ3n) is 6.39. The van der Waals surface area contributed by atoms with Crippen molar-refractivity contribution in [1.29, 1.82) is 0 Å². The van der Waals surface area contributed by atoms with Crippen LogP contribution in [-0.4, -0.2) is 74.4 Å². The molecule has 0 amide bonds. The number of nitrogens with zero attached hydrogens (tertiary/aromatic N) is 8. The Balaban J connectivity index is 0. The number of aromatic nitrogens is 2. The summed E-state index contributed by atoms with van der Waals surface area (Å²) in [6.07, 6.45) is 17.0. The van der Waals surface area contributed by atoms with Crippen LogP contribution in [0, 0.1) is 0 Å². The Bertz CT molecular complexity index is 766. The summed E-state index contributed by atoms with van der Waals surface area (Å²) in [5, 5.41) is 21.9. The summed E-state index contributed by atoms with van der Waals surface area (Å²) in [5.41, 5.74) is 0.145. The molecule has 1 heterocycles. The summed E-state index contributed by atoms with van der Waals surface area (Å²) < 4.78 is 3.75. The summed E-state index contributed by atoms with van der Waals surface area (Å²) >= 11 is 0. The minimum Gasteiger partial charge on any atom is -0.668 e. The van der Waals surface area contributed by atoms with Crippen LogP contribution in [0.4, 0.5) is 0 Å². The van der Waals surface area contributed by atoms with E-state index >= 15 is 0 Å². The molecule has 3 rings (SSSR count). The molecule has 2 saturated carbocycles. The average molecular weight is 581 g/mol. The van der Waals surface area contributed by atoms with Crippen molar-refractivity contribution in [2.75, 3.05) is 42.3 Å². The first kappa shape index (κ1) is 40.1. The van der Waals surface area contributed by atoms with Crippen molar-refractivity contribution in [3.63, 3.8) is 0 Å². The van der Waals surface area contributed by atoms with Gasteiger partial charge in [0.15, 0.2) is 0 Å². The van der Waals surface area contributed by atoms with E-state index in [1.807, 2.05) is 21.5 Å². The van der Waals surface area contributed by atoms with Gasteiger partial charge in [0.2, 0.25) is 0 Å². The predicted octanol–water partition coefficient (Wildman–Crippen LogP) is 7.45. The Morgan fingerprint density at radius 3 is 1.44 bits per heavy atom. The van der Waals surface area contributed by atoms with Crippen molar-refractivity contribution in [2.24, 2.45) is 4.99 Å². The second-order valence-electron chi connectivity index (χ2n) is 12.6. The number of hydrogen-bond acceptors (Lipinski definition) is 1. The van der Waals surface area contributed by atoms with Gasteiger partial charge >= 0.3 is 21.7 Å². The zero-order chi connectivity index (χ0) is 29.4. The third kappa shape index (κ3) is 16.7. The van der Waals surface area contributed by atoms with Gasteiger partial charge in [-0.05, 0) is 75.3 Å². The molecule has 0 saturated heterocycles. The van der Waals surface area contributed by atoms with E-state index in [0.717, 1.165) is 5.96 Å². The van der Waals surface area contributed by atoms with Gasteiger partial charge in [-0.25, -0.2) is 0 Å². The fourth-order valence-electron chi connectivity index (χ4n) is 4.44. The summed E-state index contributed by atoms with van der Waals surface area (Å²) in [6, 6.07) is 1.06. The van der Waals surface area contributed by atoms with E-state index in [9.17, 15) is 5.41 Å².